The largest absolute Gasteiger partial charge is 0.497 e. The quantitative estimate of drug-likeness (QED) is 0.261. The molecule has 1 saturated carbocycles. The Labute approximate surface area is 268 Å². The zero-order valence-electron chi connectivity index (χ0n) is 25.4. The van der Waals surface area contributed by atoms with Gasteiger partial charge in [0.2, 0.25) is 21.8 Å². The maximum Gasteiger partial charge on any atom is 0.244 e. The van der Waals surface area contributed by atoms with Crippen molar-refractivity contribution in [3.05, 3.63) is 88.4 Å². The van der Waals surface area contributed by atoms with Gasteiger partial charge in [0.05, 0.1) is 26.2 Å². The molecule has 9 nitrogen and oxygen atoms in total. The van der Waals surface area contributed by atoms with Crippen LogP contribution in [0.1, 0.15) is 43.2 Å². The number of benzene rings is 3. The molecule has 0 heterocycles. The van der Waals surface area contributed by atoms with Crippen molar-refractivity contribution in [1.29, 1.82) is 0 Å². The Bertz CT molecular complexity index is 1510. The topological polar surface area (TPSA) is 105 Å². The number of hydrogen-bond donors (Lipinski definition) is 1. The van der Waals surface area contributed by atoms with Crippen molar-refractivity contribution in [1.82, 2.24) is 10.2 Å². The highest BCUT2D eigenvalue weighted by atomic mass is 79.9. The zero-order chi connectivity index (χ0) is 31.7. The van der Waals surface area contributed by atoms with Gasteiger partial charge in [-0.1, -0.05) is 77.7 Å². The predicted molar refractivity (Wildman–Crippen MR) is 175 cm³/mol. The molecule has 44 heavy (non-hydrogen) atoms. The van der Waals surface area contributed by atoms with E-state index in [1.807, 2.05) is 54.6 Å². The molecule has 0 saturated heterocycles. The number of amides is 2. The smallest absolute Gasteiger partial charge is 0.244 e. The average molecular weight is 687 g/mol. The second-order valence-corrected chi connectivity index (χ2v) is 13.8. The van der Waals surface area contributed by atoms with E-state index in [2.05, 4.69) is 21.2 Å². The lowest BCUT2D eigenvalue weighted by atomic mass is 9.94. The first-order valence-corrected chi connectivity index (χ1v) is 17.3. The summed E-state index contributed by atoms with van der Waals surface area (Å²) in [5, 5.41) is 3.21. The molecule has 0 aromatic heterocycles. The van der Waals surface area contributed by atoms with Crippen LogP contribution < -0.4 is 19.1 Å². The number of halogens is 1. The summed E-state index contributed by atoms with van der Waals surface area (Å²) in [5.41, 5.74) is 1.85. The van der Waals surface area contributed by atoms with Crippen molar-refractivity contribution in [2.75, 3.05) is 31.3 Å². The van der Waals surface area contributed by atoms with Gasteiger partial charge >= 0.3 is 0 Å². The van der Waals surface area contributed by atoms with Gasteiger partial charge in [0.1, 0.15) is 24.1 Å². The number of rotatable bonds is 13. The Hall–Kier alpha value is -3.57. The van der Waals surface area contributed by atoms with Gasteiger partial charge < -0.3 is 19.7 Å². The van der Waals surface area contributed by atoms with Gasteiger partial charge in [-0.2, -0.15) is 0 Å². The van der Waals surface area contributed by atoms with Crippen LogP contribution in [0.2, 0.25) is 0 Å². The minimum Gasteiger partial charge on any atom is -0.497 e. The minimum absolute atomic E-state index is 0.0349. The summed E-state index contributed by atoms with van der Waals surface area (Å²) in [6.45, 7) is -0.435. The Morgan fingerprint density at radius 2 is 1.61 bits per heavy atom. The van der Waals surface area contributed by atoms with E-state index < -0.39 is 28.5 Å². The summed E-state index contributed by atoms with van der Waals surface area (Å²) in [7, 11) is -1.06. The second kappa shape index (κ2) is 15.4. The fourth-order valence-corrected chi connectivity index (χ4v) is 6.58. The van der Waals surface area contributed by atoms with Crippen LogP contribution in [0, 0.1) is 0 Å². The molecule has 1 atom stereocenters. The Balaban J connectivity index is 1.75. The molecule has 1 aliphatic rings. The summed E-state index contributed by atoms with van der Waals surface area (Å²) < 4.78 is 39.1. The summed E-state index contributed by atoms with van der Waals surface area (Å²) in [6.07, 6.45) is 6.31. The highest BCUT2D eigenvalue weighted by molar-refractivity contribution is 9.10. The van der Waals surface area contributed by atoms with Gasteiger partial charge in [-0.15, -0.1) is 0 Å². The lowest BCUT2D eigenvalue weighted by Gasteiger charge is -2.35. The number of nitrogens with one attached hydrogen (secondary N) is 1. The molecule has 4 rings (SSSR count). The number of carbonyl (C=O) groups excluding carboxylic acids is 2. The van der Waals surface area contributed by atoms with E-state index >= 15 is 0 Å². The van der Waals surface area contributed by atoms with Gasteiger partial charge in [0.25, 0.3) is 0 Å². The second-order valence-electron chi connectivity index (χ2n) is 11.0. The van der Waals surface area contributed by atoms with E-state index in [4.69, 9.17) is 9.47 Å². The molecule has 3 aromatic rings. The normalized spacial score (nSPS) is 14.4. The van der Waals surface area contributed by atoms with Crippen LogP contribution in [0.4, 0.5) is 5.69 Å². The first-order valence-electron chi connectivity index (χ1n) is 14.7. The van der Waals surface area contributed by atoms with Crippen molar-refractivity contribution >= 4 is 43.5 Å². The number of nitrogens with zero attached hydrogens (tertiary/aromatic N) is 2. The van der Waals surface area contributed by atoms with E-state index in [0.717, 1.165) is 58.3 Å². The highest BCUT2D eigenvalue weighted by Gasteiger charge is 2.34. The van der Waals surface area contributed by atoms with Crippen LogP contribution in [-0.4, -0.2) is 64.2 Å². The van der Waals surface area contributed by atoms with Crippen LogP contribution in [0.5, 0.6) is 11.5 Å². The lowest BCUT2D eigenvalue weighted by Crippen LogP contribution is -2.55. The third-order valence-corrected chi connectivity index (χ3v) is 9.48. The maximum atomic E-state index is 14.4. The van der Waals surface area contributed by atoms with Crippen LogP contribution >= 0.6 is 15.9 Å². The van der Waals surface area contributed by atoms with Crippen LogP contribution in [0.3, 0.4) is 0 Å². The molecular formula is C33H40BrN3O6S. The van der Waals surface area contributed by atoms with Crippen LogP contribution in [-0.2, 0) is 32.6 Å². The molecule has 0 radical (unpaired) electrons. The molecule has 1 fully saturated rings. The lowest BCUT2D eigenvalue weighted by molar-refractivity contribution is -0.140. The first-order chi connectivity index (χ1) is 21.1. The maximum absolute atomic E-state index is 14.4. The molecular weight excluding hydrogens is 646 g/mol. The summed E-state index contributed by atoms with van der Waals surface area (Å²) in [4.78, 5) is 29.9. The van der Waals surface area contributed by atoms with Gasteiger partial charge in [-0.05, 0) is 48.2 Å². The number of ether oxygens (including phenoxy) is 2. The summed E-state index contributed by atoms with van der Waals surface area (Å²) in [5.74, 6) is -0.110. The van der Waals surface area contributed by atoms with E-state index in [1.54, 1.807) is 12.1 Å². The molecule has 3 aromatic carbocycles. The van der Waals surface area contributed by atoms with Crippen LogP contribution in [0.25, 0.3) is 0 Å². The average Bonchev–Trinajstić information content (AvgIpc) is 3.02. The SMILES string of the molecule is COc1ccc(OC)c(N(CC(=O)N(Cc2ccc(Br)cc2)[C@@H](Cc2ccccc2)C(=O)NC2CCCCC2)S(C)(=O)=O)c1. The van der Waals surface area contributed by atoms with Gasteiger partial charge in [0, 0.05) is 29.5 Å². The van der Waals surface area contributed by atoms with Crippen molar-refractivity contribution in [3.8, 4) is 11.5 Å². The monoisotopic (exact) mass is 685 g/mol. The molecule has 0 bridgehead atoms. The summed E-state index contributed by atoms with van der Waals surface area (Å²) >= 11 is 3.46. The molecule has 0 aliphatic heterocycles. The zero-order valence-corrected chi connectivity index (χ0v) is 27.8. The Morgan fingerprint density at radius 1 is 0.932 bits per heavy atom. The number of anilines is 1. The molecule has 1 N–H and O–H groups in total. The number of sulfonamides is 1. The number of carbonyl (C=O) groups is 2. The Morgan fingerprint density at radius 3 is 2.23 bits per heavy atom. The van der Waals surface area contributed by atoms with Crippen molar-refractivity contribution in [2.24, 2.45) is 0 Å². The van der Waals surface area contributed by atoms with E-state index in [0.29, 0.717) is 5.75 Å². The summed E-state index contributed by atoms with van der Waals surface area (Å²) in [6, 6.07) is 20.9. The van der Waals surface area contributed by atoms with Crippen LogP contribution in [0.15, 0.2) is 77.3 Å². The van der Waals surface area contributed by atoms with E-state index in [-0.39, 0.29) is 36.4 Å². The number of hydrogen-bond acceptors (Lipinski definition) is 6. The van der Waals surface area contributed by atoms with Gasteiger partial charge in [0.15, 0.2) is 0 Å². The molecule has 11 heteroatoms. The predicted octanol–water partition coefficient (Wildman–Crippen LogP) is 5.32. The number of methoxy groups -OCH3 is 2. The minimum atomic E-state index is -3.97. The molecule has 2 amide bonds. The van der Waals surface area contributed by atoms with Crippen molar-refractivity contribution < 1.29 is 27.5 Å². The van der Waals surface area contributed by atoms with Gasteiger partial charge in [-0.25, -0.2) is 8.42 Å². The first kappa shape index (κ1) is 33.3. The third kappa shape index (κ3) is 8.98. The van der Waals surface area contributed by atoms with Crippen molar-refractivity contribution in [2.45, 2.75) is 57.2 Å². The third-order valence-electron chi connectivity index (χ3n) is 7.82. The molecule has 236 valence electrons. The fraction of sp³-hybridized carbons (Fsp3) is 0.394. The van der Waals surface area contributed by atoms with Crippen molar-refractivity contribution in [3.63, 3.8) is 0 Å². The standard InChI is InChI=1S/C33H40BrN3O6S/c1-42-28-18-19-31(43-2)29(21-28)37(44(3,40)41)23-32(38)36(22-25-14-16-26(34)17-15-25)30(20-24-10-6-4-7-11-24)33(39)35-27-12-8-5-9-13-27/h4,6-7,10-11,14-19,21,27,30H,5,8-9,12-13,20,22-23H2,1-3H3,(H,35,39)/t30-/m0/s1. The Kier molecular flexibility index (Phi) is 11.7. The molecule has 0 unspecified atom stereocenters. The van der Waals surface area contributed by atoms with Gasteiger partial charge in [-0.3, -0.25) is 13.9 Å². The molecule has 0 spiro atoms. The highest BCUT2D eigenvalue weighted by Crippen LogP contribution is 2.34. The van der Waals surface area contributed by atoms with E-state index in [9.17, 15) is 18.0 Å². The fourth-order valence-electron chi connectivity index (χ4n) is 5.47. The van der Waals surface area contributed by atoms with E-state index in [1.165, 1.54) is 25.2 Å². The molecule has 1 aliphatic carbocycles.